The van der Waals surface area contributed by atoms with Crippen molar-refractivity contribution in [2.45, 2.75) is 51.3 Å². The maximum absolute atomic E-state index is 12.2. The third-order valence-corrected chi connectivity index (χ3v) is 4.74. The molecule has 0 unspecified atom stereocenters. The lowest BCUT2D eigenvalue weighted by molar-refractivity contribution is -0.124. The van der Waals surface area contributed by atoms with Gasteiger partial charge in [-0.25, -0.2) is 0 Å². The summed E-state index contributed by atoms with van der Waals surface area (Å²) in [5.41, 5.74) is -0.711. The van der Waals surface area contributed by atoms with Gasteiger partial charge in [-0.2, -0.15) is 5.26 Å². The highest BCUT2D eigenvalue weighted by Crippen LogP contribution is 2.39. The van der Waals surface area contributed by atoms with Crippen molar-refractivity contribution >= 4 is 5.91 Å². The topological polar surface area (TPSA) is 79.6 Å². The van der Waals surface area contributed by atoms with Gasteiger partial charge in [0.15, 0.2) is 0 Å². The number of carbonyl (C=O) groups excluding carboxylic acids is 1. The fourth-order valence-corrected chi connectivity index (χ4v) is 3.24. The largest absolute Gasteiger partial charge is 0.392 e. The molecule has 1 saturated heterocycles. The third-order valence-electron chi connectivity index (χ3n) is 4.74. The van der Waals surface area contributed by atoms with E-state index in [0.717, 1.165) is 32.5 Å². The quantitative estimate of drug-likeness (QED) is 0.732. The van der Waals surface area contributed by atoms with Crippen LogP contribution in [0.25, 0.3) is 0 Å². The van der Waals surface area contributed by atoms with E-state index >= 15 is 0 Å². The zero-order chi connectivity index (χ0) is 16.3. The van der Waals surface area contributed by atoms with Crippen LogP contribution in [0.2, 0.25) is 0 Å². The van der Waals surface area contributed by atoms with Crippen molar-refractivity contribution < 1.29 is 9.90 Å². The molecular formula is C16H28N4O2. The van der Waals surface area contributed by atoms with Gasteiger partial charge in [-0.1, -0.05) is 0 Å². The van der Waals surface area contributed by atoms with Crippen LogP contribution in [-0.4, -0.2) is 71.2 Å². The van der Waals surface area contributed by atoms with Crippen LogP contribution in [0.15, 0.2) is 0 Å². The summed E-state index contributed by atoms with van der Waals surface area (Å²) in [4.78, 5) is 16.6. The minimum atomic E-state index is -0.711. The maximum atomic E-state index is 12.2. The van der Waals surface area contributed by atoms with E-state index in [2.05, 4.69) is 28.1 Å². The normalized spacial score (nSPS) is 27.7. The highest BCUT2D eigenvalue weighted by atomic mass is 16.3. The van der Waals surface area contributed by atoms with Gasteiger partial charge in [0.2, 0.25) is 5.91 Å². The molecule has 2 N–H and O–H groups in total. The number of rotatable bonds is 6. The van der Waals surface area contributed by atoms with Crippen LogP contribution in [0, 0.1) is 17.2 Å². The lowest BCUT2D eigenvalue weighted by Crippen LogP contribution is -2.56. The molecule has 1 aliphatic carbocycles. The summed E-state index contributed by atoms with van der Waals surface area (Å²) in [5, 5.41) is 21.7. The Kier molecular flexibility index (Phi) is 5.43. The second-order valence-corrected chi connectivity index (χ2v) is 7.06. The van der Waals surface area contributed by atoms with E-state index in [1.165, 1.54) is 0 Å². The van der Waals surface area contributed by atoms with E-state index in [-0.39, 0.29) is 12.0 Å². The number of β-amino-alcohol motifs (C(OH)–C–C–N with tert-alkyl or cyclic N) is 1. The van der Waals surface area contributed by atoms with Gasteiger partial charge in [0.25, 0.3) is 0 Å². The highest BCUT2D eigenvalue weighted by molar-refractivity contribution is 5.79. The molecule has 2 aliphatic rings. The molecule has 3 atom stereocenters. The molecule has 1 amide bonds. The van der Waals surface area contributed by atoms with Gasteiger partial charge in [-0.05, 0) is 39.5 Å². The average Bonchev–Trinajstić information content (AvgIpc) is 3.26. The molecule has 0 bridgehead atoms. The number of hydrogen-bond acceptors (Lipinski definition) is 5. The van der Waals surface area contributed by atoms with Gasteiger partial charge in [0.1, 0.15) is 5.54 Å². The molecule has 1 aliphatic heterocycles. The molecule has 1 saturated carbocycles. The number of piperazine rings is 1. The Balaban J connectivity index is 1.80. The predicted molar refractivity (Wildman–Crippen MR) is 84.0 cm³/mol. The lowest BCUT2D eigenvalue weighted by Gasteiger charge is -2.40. The lowest BCUT2D eigenvalue weighted by atomic mass is 9.98. The summed E-state index contributed by atoms with van der Waals surface area (Å²) in [6.07, 6.45) is 1.73. The second kappa shape index (κ2) is 6.95. The average molecular weight is 308 g/mol. The minimum absolute atomic E-state index is 0.0628. The maximum Gasteiger partial charge on any atom is 0.235 e. The van der Waals surface area contributed by atoms with E-state index < -0.39 is 5.54 Å². The van der Waals surface area contributed by atoms with Crippen molar-refractivity contribution in [1.82, 2.24) is 15.1 Å². The second-order valence-electron chi connectivity index (χ2n) is 7.06. The highest BCUT2D eigenvalue weighted by Gasteiger charge is 2.43. The van der Waals surface area contributed by atoms with E-state index in [1.54, 1.807) is 6.92 Å². The number of aliphatic hydroxyl groups excluding tert-OH is 1. The van der Waals surface area contributed by atoms with Gasteiger partial charge in [0.05, 0.1) is 18.7 Å². The molecule has 1 heterocycles. The molecule has 0 aromatic heterocycles. The van der Waals surface area contributed by atoms with Gasteiger partial charge >= 0.3 is 0 Å². The van der Waals surface area contributed by atoms with Crippen molar-refractivity contribution in [2.24, 2.45) is 5.92 Å². The predicted octanol–water partition coefficient (Wildman–Crippen LogP) is 0.182. The molecule has 0 spiro atoms. The number of aliphatic hydroxyl groups is 1. The third kappa shape index (κ3) is 4.42. The van der Waals surface area contributed by atoms with Crippen molar-refractivity contribution in [3.63, 3.8) is 0 Å². The number of hydrogen-bond donors (Lipinski definition) is 2. The molecule has 2 fully saturated rings. The zero-order valence-electron chi connectivity index (χ0n) is 13.9. The van der Waals surface area contributed by atoms with Crippen molar-refractivity contribution in [2.75, 3.05) is 32.7 Å². The fourth-order valence-electron chi connectivity index (χ4n) is 3.24. The smallest absolute Gasteiger partial charge is 0.235 e. The zero-order valence-corrected chi connectivity index (χ0v) is 13.9. The first-order valence-corrected chi connectivity index (χ1v) is 8.21. The Hall–Kier alpha value is -1.16. The molecule has 22 heavy (non-hydrogen) atoms. The monoisotopic (exact) mass is 308 g/mol. The number of amides is 1. The molecule has 6 nitrogen and oxygen atoms in total. The first-order valence-electron chi connectivity index (χ1n) is 8.21. The van der Waals surface area contributed by atoms with Crippen LogP contribution in [0.5, 0.6) is 0 Å². The Morgan fingerprint density at radius 3 is 2.68 bits per heavy atom. The van der Waals surface area contributed by atoms with Gasteiger partial charge in [-0.3, -0.25) is 14.6 Å². The van der Waals surface area contributed by atoms with Crippen molar-refractivity contribution in [3.05, 3.63) is 0 Å². The standard InChI is InChI=1S/C16H28N4O2/c1-12-8-19(6-7-20(12)9-13(2)21)10-15(22)18-16(3,11-17)14-4-5-14/h12-14,21H,4-10H2,1-3H3,(H,18,22)/t12-,13+,16+/m1/s1. The Bertz CT molecular complexity index is 444. The molecule has 124 valence electrons. The van der Waals surface area contributed by atoms with Crippen LogP contribution in [0.3, 0.4) is 0 Å². The van der Waals surface area contributed by atoms with E-state index in [4.69, 9.17) is 0 Å². The molecule has 0 aromatic carbocycles. The van der Waals surface area contributed by atoms with Crippen LogP contribution < -0.4 is 5.32 Å². The van der Waals surface area contributed by atoms with E-state index in [1.807, 2.05) is 6.92 Å². The van der Waals surface area contributed by atoms with Crippen LogP contribution in [-0.2, 0) is 4.79 Å². The molecule has 2 rings (SSSR count). The van der Waals surface area contributed by atoms with Crippen molar-refractivity contribution in [3.8, 4) is 6.07 Å². The Morgan fingerprint density at radius 1 is 1.50 bits per heavy atom. The molecular weight excluding hydrogens is 280 g/mol. The Morgan fingerprint density at radius 2 is 2.18 bits per heavy atom. The van der Waals surface area contributed by atoms with Gasteiger partial charge < -0.3 is 10.4 Å². The summed E-state index contributed by atoms with van der Waals surface area (Å²) < 4.78 is 0. The summed E-state index contributed by atoms with van der Waals surface area (Å²) in [6.45, 7) is 9.25. The number of nitrogens with one attached hydrogen (secondary N) is 1. The molecule has 6 heteroatoms. The minimum Gasteiger partial charge on any atom is -0.392 e. The Labute approximate surface area is 133 Å². The summed E-state index contributed by atoms with van der Waals surface area (Å²) in [5.74, 6) is 0.246. The summed E-state index contributed by atoms with van der Waals surface area (Å²) in [7, 11) is 0. The van der Waals surface area contributed by atoms with Gasteiger partial charge in [0, 0.05) is 32.2 Å². The first-order chi connectivity index (χ1) is 10.3. The summed E-state index contributed by atoms with van der Waals surface area (Å²) >= 11 is 0. The van der Waals surface area contributed by atoms with E-state index in [0.29, 0.717) is 25.0 Å². The number of nitrogens with zero attached hydrogens (tertiary/aromatic N) is 3. The van der Waals surface area contributed by atoms with Crippen molar-refractivity contribution in [1.29, 1.82) is 5.26 Å². The van der Waals surface area contributed by atoms with Crippen LogP contribution in [0.1, 0.15) is 33.6 Å². The molecule has 0 radical (unpaired) electrons. The van der Waals surface area contributed by atoms with E-state index in [9.17, 15) is 15.2 Å². The SMILES string of the molecule is C[C@H](O)CN1CCN(CC(=O)N[C@@](C)(C#N)C2CC2)C[C@H]1C. The van der Waals surface area contributed by atoms with Gasteiger partial charge in [-0.15, -0.1) is 0 Å². The summed E-state index contributed by atoms with van der Waals surface area (Å²) in [6, 6.07) is 2.58. The number of nitriles is 1. The molecule has 0 aromatic rings. The van der Waals surface area contributed by atoms with Crippen LogP contribution >= 0.6 is 0 Å². The first kappa shape index (κ1) is 17.2. The van der Waals surface area contributed by atoms with Crippen LogP contribution in [0.4, 0.5) is 0 Å². The number of carbonyl (C=O) groups is 1. The fraction of sp³-hybridized carbons (Fsp3) is 0.875.